The Labute approximate surface area is 298 Å². The normalized spacial score (nSPS) is 24.2. The van der Waals surface area contributed by atoms with Crippen molar-refractivity contribution in [2.75, 3.05) is 13.1 Å². The molecule has 3 saturated heterocycles. The summed E-state index contributed by atoms with van der Waals surface area (Å²) < 4.78 is 27.7. The molecule has 5 unspecified atom stereocenters. The molecule has 1 amide bonds. The van der Waals surface area contributed by atoms with E-state index in [0.717, 1.165) is 42.4 Å². The Morgan fingerprint density at radius 1 is 1.20 bits per heavy atom. The first-order valence-electron chi connectivity index (χ1n) is 17.4. The van der Waals surface area contributed by atoms with Crippen LogP contribution >= 0.6 is 23.2 Å². The van der Waals surface area contributed by atoms with Crippen LogP contribution in [0.2, 0.25) is 10.0 Å². The molecule has 9 nitrogen and oxygen atoms in total. The first kappa shape index (κ1) is 31.8. The number of likely N-dealkylation sites (tertiary alicyclic amines) is 1. The molecule has 12 heteroatoms. The fourth-order valence-electron chi connectivity index (χ4n) is 8.72. The molecule has 5 aromatic rings. The monoisotopic (exact) mass is 711 g/mol. The first-order chi connectivity index (χ1) is 24.2. The molecule has 10 rings (SSSR count). The molecule has 0 spiro atoms. The SMILES string of the molecule is Cc1nc2c(F)c(-c3cccc(Cl)c3Cl)c(CCC#N)cc2c2c1cc(C1CC(Oc3cnn(C)c3)CN1C(=O)C1CC1)n2C1C2CNC1C2. The third kappa shape index (κ3) is 5.00. The second kappa shape index (κ2) is 12.0. The number of hydrogen-bond donors (Lipinski definition) is 1. The maximum atomic E-state index is 17.1. The van der Waals surface area contributed by atoms with Crippen molar-refractivity contribution in [1.82, 2.24) is 29.5 Å². The van der Waals surface area contributed by atoms with Crippen molar-refractivity contribution in [3.05, 3.63) is 75.5 Å². The van der Waals surface area contributed by atoms with Crippen LogP contribution in [0.1, 0.15) is 61.1 Å². The minimum absolute atomic E-state index is 0.0479. The van der Waals surface area contributed by atoms with E-state index in [9.17, 15) is 10.1 Å². The maximum Gasteiger partial charge on any atom is 0.226 e. The van der Waals surface area contributed by atoms with E-state index in [0.29, 0.717) is 63.8 Å². The van der Waals surface area contributed by atoms with Gasteiger partial charge in [-0.05, 0) is 62.3 Å². The van der Waals surface area contributed by atoms with Crippen molar-refractivity contribution < 1.29 is 13.9 Å². The highest BCUT2D eigenvalue weighted by molar-refractivity contribution is 6.43. The van der Waals surface area contributed by atoms with Crippen LogP contribution in [0.4, 0.5) is 4.39 Å². The summed E-state index contributed by atoms with van der Waals surface area (Å²) in [4.78, 5) is 20.9. The number of fused-ring (bicyclic) bond motifs is 4. The molecule has 0 radical (unpaired) electrons. The molecular formula is C38H36Cl2FN7O2. The summed E-state index contributed by atoms with van der Waals surface area (Å²) in [7, 11) is 1.86. The van der Waals surface area contributed by atoms with Crippen LogP contribution < -0.4 is 10.1 Å². The molecule has 1 N–H and O–H groups in total. The van der Waals surface area contributed by atoms with Gasteiger partial charge in [0.1, 0.15) is 11.6 Å². The number of carbonyl (C=O) groups is 1. The number of pyridine rings is 1. The van der Waals surface area contributed by atoms with E-state index in [4.69, 9.17) is 32.9 Å². The Morgan fingerprint density at radius 3 is 2.74 bits per heavy atom. The van der Waals surface area contributed by atoms with Gasteiger partial charge in [0, 0.05) is 71.7 Å². The number of aromatic nitrogens is 4. The molecule has 5 fully saturated rings. The van der Waals surface area contributed by atoms with Gasteiger partial charge in [-0.25, -0.2) is 9.37 Å². The predicted molar refractivity (Wildman–Crippen MR) is 190 cm³/mol. The molecule has 5 aliphatic rings. The van der Waals surface area contributed by atoms with Crippen LogP contribution in [0.3, 0.4) is 0 Å². The van der Waals surface area contributed by atoms with Crippen molar-refractivity contribution in [3.63, 3.8) is 0 Å². The lowest BCUT2D eigenvalue weighted by Gasteiger charge is -2.39. The highest BCUT2D eigenvalue weighted by Gasteiger charge is 2.51. The summed E-state index contributed by atoms with van der Waals surface area (Å²) in [5.41, 5.74) is 4.39. The number of hydrogen-bond acceptors (Lipinski definition) is 6. The predicted octanol–water partition coefficient (Wildman–Crippen LogP) is 7.46. The van der Waals surface area contributed by atoms with Crippen LogP contribution in [0.25, 0.3) is 32.9 Å². The van der Waals surface area contributed by atoms with E-state index in [1.807, 2.05) is 31.1 Å². The van der Waals surface area contributed by atoms with Gasteiger partial charge in [0.25, 0.3) is 0 Å². The van der Waals surface area contributed by atoms with Gasteiger partial charge in [0.15, 0.2) is 11.6 Å². The third-order valence-corrected chi connectivity index (χ3v) is 12.0. The first-order valence-corrected chi connectivity index (χ1v) is 18.1. The van der Waals surface area contributed by atoms with E-state index in [-0.39, 0.29) is 53.0 Å². The summed E-state index contributed by atoms with van der Waals surface area (Å²) in [6.45, 7) is 3.33. The molecule has 5 atom stereocenters. The molecule has 2 bridgehead atoms. The van der Waals surface area contributed by atoms with Crippen LogP contribution in [-0.2, 0) is 18.3 Å². The zero-order valence-electron chi connectivity index (χ0n) is 27.8. The minimum Gasteiger partial charge on any atom is -0.485 e. The number of halogens is 3. The number of aryl methyl sites for hydroxylation is 3. The zero-order valence-corrected chi connectivity index (χ0v) is 29.3. The minimum atomic E-state index is -0.482. The van der Waals surface area contributed by atoms with Gasteiger partial charge in [-0.2, -0.15) is 10.4 Å². The summed E-state index contributed by atoms with van der Waals surface area (Å²) in [6.07, 6.45) is 7.42. The molecule has 256 valence electrons. The lowest BCUT2D eigenvalue weighted by atomic mass is 9.79. The molecular weight excluding hydrogens is 676 g/mol. The average molecular weight is 713 g/mol. The smallest absolute Gasteiger partial charge is 0.226 e. The second-order valence-corrected chi connectivity index (χ2v) is 15.2. The number of ether oxygens (including phenoxy) is 1. The molecule has 2 saturated carbocycles. The lowest BCUT2D eigenvalue weighted by Crippen LogP contribution is -2.41. The van der Waals surface area contributed by atoms with Crippen LogP contribution in [0, 0.1) is 35.9 Å². The fraction of sp³-hybridized carbons (Fsp3) is 0.421. The van der Waals surface area contributed by atoms with Gasteiger partial charge in [0.2, 0.25) is 5.91 Å². The van der Waals surface area contributed by atoms with E-state index < -0.39 is 5.82 Å². The Balaban J connectivity index is 1.27. The molecule has 2 aliphatic carbocycles. The molecule has 6 heterocycles. The summed E-state index contributed by atoms with van der Waals surface area (Å²) in [5.74, 6) is 0.839. The Bertz CT molecular complexity index is 2240. The van der Waals surface area contributed by atoms with Gasteiger partial charge < -0.3 is 19.5 Å². The molecule has 3 aromatic heterocycles. The maximum absolute atomic E-state index is 17.1. The van der Waals surface area contributed by atoms with Gasteiger partial charge in [-0.3, -0.25) is 9.48 Å². The van der Waals surface area contributed by atoms with Crippen molar-refractivity contribution in [2.24, 2.45) is 18.9 Å². The lowest BCUT2D eigenvalue weighted by molar-refractivity contribution is -0.133. The van der Waals surface area contributed by atoms with Gasteiger partial charge in [-0.15, -0.1) is 0 Å². The van der Waals surface area contributed by atoms with Crippen molar-refractivity contribution in [1.29, 1.82) is 5.26 Å². The van der Waals surface area contributed by atoms with E-state index >= 15 is 4.39 Å². The van der Waals surface area contributed by atoms with Crippen molar-refractivity contribution in [2.45, 2.75) is 69.7 Å². The summed E-state index contributed by atoms with van der Waals surface area (Å²) in [5, 5.41) is 19.8. The molecule has 50 heavy (non-hydrogen) atoms. The second-order valence-electron chi connectivity index (χ2n) is 14.4. The molecule has 2 aromatic carbocycles. The van der Waals surface area contributed by atoms with Crippen LogP contribution in [-0.4, -0.2) is 55.4 Å². The highest BCUT2D eigenvalue weighted by atomic mass is 35.5. The van der Waals surface area contributed by atoms with Gasteiger partial charge in [0.05, 0.1) is 52.7 Å². The third-order valence-electron chi connectivity index (χ3n) is 11.2. The largest absolute Gasteiger partial charge is 0.485 e. The number of amides is 1. The topological polar surface area (TPSA) is 101 Å². The summed E-state index contributed by atoms with van der Waals surface area (Å²) >= 11 is 13.1. The Kier molecular flexibility index (Phi) is 7.61. The van der Waals surface area contributed by atoms with Gasteiger partial charge in [-0.1, -0.05) is 35.3 Å². The Morgan fingerprint density at radius 2 is 2.04 bits per heavy atom. The number of benzene rings is 2. The quantitative estimate of drug-likeness (QED) is 0.179. The average Bonchev–Trinajstić information content (AvgIpc) is 3.52. The number of carbonyl (C=O) groups excluding carboxylic acids is 1. The standard InChI is InChI=1S/C38H36Cl2FN7O2/c1-19-26-14-31(30-13-23(50-24-16-44-46(2)17-24)18-47(30)38(49)20-8-9-20)48(36-22-12-29(36)43-15-22)37(26)27-11-21(5-4-10-42)32(34(41)35(27)45-19)25-6-3-7-28(39)33(25)40/h3,6-7,11,14,16-17,20,22-23,29-30,36,43H,4-5,8-9,12-13,15,18H2,1-2H3. The van der Waals surface area contributed by atoms with E-state index in [1.54, 1.807) is 29.1 Å². The Hall–Kier alpha value is -4.17. The fourth-order valence-corrected chi connectivity index (χ4v) is 9.12. The number of nitrogens with one attached hydrogen (secondary N) is 1. The van der Waals surface area contributed by atoms with E-state index in [2.05, 4.69) is 27.1 Å². The summed E-state index contributed by atoms with van der Waals surface area (Å²) in [6, 6.07) is 11.8. The number of nitrogens with zero attached hydrogens (tertiary/aromatic N) is 6. The van der Waals surface area contributed by atoms with Crippen LogP contribution in [0.5, 0.6) is 5.75 Å². The van der Waals surface area contributed by atoms with E-state index in [1.165, 1.54) is 0 Å². The molecule has 3 aliphatic heterocycles. The number of nitriles is 1. The van der Waals surface area contributed by atoms with Crippen molar-refractivity contribution in [3.8, 4) is 22.9 Å². The highest BCUT2D eigenvalue weighted by Crippen LogP contribution is 2.51. The van der Waals surface area contributed by atoms with Crippen LogP contribution in [0.15, 0.2) is 42.7 Å². The van der Waals surface area contributed by atoms with Crippen molar-refractivity contribution >= 4 is 50.9 Å². The zero-order chi connectivity index (χ0) is 34.4. The number of rotatable bonds is 8. The van der Waals surface area contributed by atoms with Gasteiger partial charge >= 0.3 is 0 Å².